The van der Waals surface area contributed by atoms with Gasteiger partial charge in [0.1, 0.15) is 5.54 Å². The summed E-state index contributed by atoms with van der Waals surface area (Å²) in [6.45, 7) is -0.492. The molecule has 5 rings (SSSR count). The maximum atomic E-state index is 13.9. The van der Waals surface area contributed by atoms with Crippen LogP contribution in [-0.2, 0) is 22.8 Å². The normalized spacial score (nSPS) is 20.9. The number of rotatable bonds is 3. The number of carbonyl (C=O) groups excluding carboxylic acids is 1. The zero-order chi connectivity index (χ0) is 27.5. The Balaban J connectivity index is 1.71. The number of urea groups is 1. The minimum Gasteiger partial charge on any atom is -0.376 e. The molecule has 3 aromatic rings. The maximum Gasteiger partial charge on any atom is 0.416 e. The summed E-state index contributed by atoms with van der Waals surface area (Å²) < 4.78 is 84.5. The van der Waals surface area contributed by atoms with Crippen LogP contribution in [0.3, 0.4) is 0 Å². The van der Waals surface area contributed by atoms with Crippen LogP contribution in [0.15, 0.2) is 72.8 Å². The van der Waals surface area contributed by atoms with E-state index in [9.17, 15) is 41.5 Å². The monoisotopic (exact) mass is 533 g/mol. The number of anilines is 2. The van der Waals surface area contributed by atoms with E-state index in [2.05, 4.69) is 0 Å². The molecule has 1 unspecified atom stereocenters. The molecule has 2 amide bonds. The lowest BCUT2D eigenvalue weighted by Gasteiger charge is -2.51. The van der Waals surface area contributed by atoms with Crippen molar-refractivity contribution in [1.82, 2.24) is 0 Å². The molecule has 38 heavy (non-hydrogen) atoms. The van der Waals surface area contributed by atoms with E-state index in [1.807, 2.05) is 6.07 Å². The minimum absolute atomic E-state index is 0.00979. The van der Waals surface area contributed by atoms with Gasteiger partial charge in [-0.1, -0.05) is 12.1 Å². The second kappa shape index (κ2) is 8.47. The van der Waals surface area contributed by atoms with Gasteiger partial charge in [-0.25, -0.2) is 4.79 Å². The van der Waals surface area contributed by atoms with Gasteiger partial charge in [-0.3, -0.25) is 9.80 Å². The van der Waals surface area contributed by atoms with E-state index in [0.717, 1.165) is 58.3 Å². The first kappa shape index (κ1) is 25.6. The van der Waals surface area contributed by atoms with E-state index in [4.69, 9.17) is 4.74 Å². The van der Waals surface area contributed by atoms with Crippen LogP contribution in [0, 0.1) is 11.3 Å². The quantitative estimate of drug-likeness (QED) is 0.441. The fourth-order valence-electron chi connectivity index (χ4n) is 4.87. The smallest absolute Gasteiger partial charge is 0.376 e. The highest BCUT2D eigenvalue weighted by Crippen LogP contribution is 2.54. The van der Waals surface area contributed by atoms with Gasteiger partial charge in [0, 0.05) is 16.9 Å². The maximum absolute atomic E-state index is 13.9. The van der Waals surface area contributed by atoms with E-state index in [0.29, 0.717) is 0 Å². The fourth-order valence-corrected chi connectivity index (χ4v) is 4.87. The summed E-state index contributed by atoms with van der Waals surface area (Å²) in [5.74, 6) is 0. The first-order valence-corrected chi connectivity index (χ1v) is 11.1. The van der Waals surface area contributed by atoms with Crippen LogP contribution in [0.2, 0.25) is 0 Å². The number of alkyl halides is 6. The number of nitriles is 1. The molecule has 12 heteroatoms. The van der Waals surface area contributed by atoms with E-state index >= 15 is 0 Å². The van der Waals surface area contributed by atoms with E-state index in [-0.39, 0.29) is 35.7 Å². The Morgan fingerprint density at radius 2 is 1.32 bits per heavy atom. The molecule has 0 saturated carbocycles. The number of hydrogen-bond donors (Lipinski definition) is 1. The zero-order valence-electron chi connectivity index (χ0n) is 19.2. The van der Waals surface area contributed by atoms with E-state index in [1.165, 1.54) is 24.3 Å². The van der Waals surface area contributed by atoms with Crippen LogP contribution >= 0.6 is 0 Å². The van der Waals surface area contributed by atoms with Crippen molar-refractivity contribution < 1.29 is 41.0 Å². The van der Waals surface area contributed by atoms with Gasteiger partial charge in [0.2, 0.25) is 5.72 Å². The van der Waals surface area contributed by atoms with Gasteiger partial charge in [-0.05, 0) is 60.7 Å². The van der Waals surface area contributed by atoms with Crippen LogP contribution < -0.4 is 9.80 Å². The van der Waals surface area contributed by atoms with Crippen molar-refractivity contribution in [2.24, 2.45) is 0 Å². The Morgan fingerprint density at radius 3 is 1.74 bits per heavy atom. The van der Waals surface area contributed by atoms with Crippen molar-refractivity contribution in [1.29, 1.82) is 5.26 Å². The molecule has 2 heterocycles. The molecule has 0 radical (unpaired) electrons. The topological polar surface area (TPSA) is 76.8 Å². The molecule has 1 atom stereocenters. The number of halogens is 6. The van der Waals surface area contributed by atoms with Crippen molar-refractivity contribution in [3.8, 4) is 6.07 Å². The highest BCUT2D eigenvalue weighted by Gasteiger charge is 2.72. The molecule has 1 spiro atoms. The van der Waals surface area contributed by atoms with Crippen LogP contribution in [-0.4, -0.2) is 29.9 Å². The highest BCUT2D eigenvalue weighted by atomic mass is 19.4. The predicted octanol–water partition coefficient (Wildman–Crippen LogP) is 5.66. The first-order valence-electron chi connectivity index (χ1n) is 11.1. The van der Waals surface area contributed by atoms with E-state index in [1.54, 1.807) is 0 Å². The number of carbonyl (C=O) groups is 1. The van der Waals surface area contributed by atoms with Gasteiger partial charge in [0.05, 0.1) is 36.0 Å². The number of hydrogen-bond acceptors (Lipinski definition) is 4. The Kier molecular flexibility index (Phi) is 5.70. The molecule has 2 aliphatic heterocycles. The van der Waals surface area contributed by atoms with Crippen LogP contribution in [0.1, 0.15) is 22.3 Å². The molecule has 2 saturated heterocycles. The fraction of sp³-hybridized carbons (Fsp3) is 0.231. The van der Waals surface area contributed by atoms with Crippen LogP contribution in [0.5, 0.6) is 0 Å². The first-order chi connectivity index (χ1) is 17.8. The van der Waals surface area contributed by atoms with Gasteiger partial charge < -0.3 is 9.84 Å². The third-order valence-corrected chi connectivity index (χ3v) is 6.76. The Morgan fingerprint density at radius 1 is 0.816 bits per heavy atom. The Bertz CT molecular complexity index is 1430. The summed E-state index contributed by atoms with van der Waals surface area (Å²) >= 11 is 0. The molecular weight excluding hydrogens is 516 g/mol. The average molecular weight is 533 g/mol. The number of amides is 2. The molecule has 6 nitrogen and oxygen atoms in total. The molecule has 196 valence electrons. The summed E-state index contributed by atoms with van der Waals surface area (Å²) in [5, 5.41) is 21.8. The second-order valence-corrected chi connectivity index (χ2v) is 8.93. The summed E-state index contributed by atoms with van der Waals surface area (Å²) in [5.41, 5.74) is -5.68. The molecule has 0 aliphatic carbocycles. The van der Waals surface area contributed by atoms with Gasteiger partial charge in [-0.2, -0.15) is 31.6 Å². The molecule has 0 bridgehead atoms. The number of aliphatic hydroxyl groups is 1. The third kappa shape index (κ3) is 3.69. The van der Waals surface area contributed by atoms with Crippen LogP contribution in [0.4, 0.5) is 42.5 Å². The number of ether oxygens (including phenoxy) is 1. The lowest BCUT2D eigenvalue weighted by molar-refractivity contribution is -0.153. The lowest BCUT2D eigenvalue weighted by atomic mass is 9.78. The van der Waals surface area contributed by atoms with Gasteiger partial charge in [-0.15, -0.1) is 0 Å². The Labute approximate surface area is 211 Å². The summed E-state index contributed by atoms with van der Waals surface area (Å²) in [4.78, 5) is 15.9. The van der Waals surface area contributed by atoms with Crippen molar-refractivity contribution in [3.63, 3.8) is 0 Å². The van der Waals surface area contributed by atoms with Crippen molar-refractivity contribution in [2.75, 3.05) is 23.0 Å². The molecule has 1 N–H and O–H groups in total. The molecular formula is C26H17F6N3O3. The molecule has 2 fully saturated rings. The highest BCUT2D eigenvalue weighted by molar-refractivity contribution is 6.09. The van der Waals surface area contributed by atoms with Gasteiger partial charge in [0.15, 0.2) is 0 Å². The summed E-state index contributed by atoms with van der Waals surface area (Å²) in [7, 11) is 0. The Hall–Kier alpha value is -4.08. The standard InChI is InChI=1S/C26H17F6N3O3/c27-25(28,29)17-4-8-20(9-5-17)34-22(36)35(21-10-6-18(7-11-21)26(30,31)32)24(37,23(34)14-38-15-23)19-3-1-2-16(12-19)13-33/h1-12,37H,14-15H2. The zero-order valence-corrected chi connectivity index (χ0v) is 19.2. The average Bonchev–Trinajstić information content (AvgIpc) is 3.07. The molecule has 3 aromatic carbocycles. The van der Waals surface area contributed by atoms with Crippen molar-refractivity contribution in [3.05, 3.63) is 95.1 Å². The summed E-state index contributed by atoms with van der Waals surface area (Å²) in [6, 6.07) is 14.0. The lowest BCUT2D eigenvalue weighted by Crippen LogP contribution is -2.70. The SMILES string of the molecule is N#Cc1cccc(C2(O)N(c3ccc(C(F)(F)F)cc3)C(=O)N(c3ccc(C(F)(F)F)cc3)C23COC3)c1. The van der Waals surface area contributed by atoms with Gasteiger partial charge >= 0.3 is 18.4 Å². The molecule has 2 aliphatic rings. The third-order valence-electron chi connectivity index (χ3n) is 6.76. The number of benzene rings is 3. The molecule has 0 aromatic heterocycles. The second-order valence-electron chi connectivity index (χ2n) is 8.93. The van der Waals surface area contributed by atoms with E-state index < -0.39 is 40.8 Å². The van der Waals surface area contributed by atoms with Crippen LogP contribution in [0.25, 0.3) is 0 Å². The largest absolute Gasteiger partial charge is 0.416 e. The number of nitrogens with zero attached hydrogens (tertiary/aromatic N) is 3. The van der Waals surface area contributed by atoms with Crippen molar-refractivity contribution in [2.45, 2.75) is 23.6 Å². The van der Waals surface area contributed by atoms with Gasteiger partial charge in [0.25, 0.3) is 0 Å². The summed E-state index contributed by atoms with van der Waals surface area (Å²) in [6.07, 6.45) is -9.28. The minimum atomic E-state index is -4.65. The predicted molar refractivity (Wildman–Crippen MR) is 122 cm³/mol. The van der Waals surface area contributed by atoms with Crippen molar-refractivity contribution >= 4 is 17.4 Å².